The molecule has 1 N–H and O–H groups in total. The number of aromatic nitrogens is 1. The number of carbonyl (C=O) groups excluding carboxylic acids is 2. The van der Waals surface area contributed by atoms with E-state index in [1.807, 2.05) is 60.7 Å². The molecule has 0 aliphatic rings. The van der Waals surface area contributed by atoms with Gasteiger partial charge < -0.3 is 9.72 Å². The molecule has 0 bridgehead atoms. The van der Waals surface area contributed by atoms with E-state index in [9.17, 15) is 9.59 Å². The first-order valence-electron chi connectivity index (χ1n) is 8.51. The number of aromatic amines is 1. The lowest BCUT2D eigenvalue weighted by atomic mass is 9.95. The molecule has 3 aromatic carbocycles. The van der Waals surface area contributed by atoms with E-state index >= 15 is 0 Å². The van der Waals surface area contributed by atoms with Gasteiger partial charge in [0.25, 0.3) is 0 Å². The van der Waals surface area contributed by atoms with Crippen molar-refractivity contribution in [3.63, 3.8) is 0 Å². The van der Waals surface area contributed by atoms with E-state index in [0.29, 0.717) is 16.5 Å². The Kier molecular flexibility index (Phi) is 4.01. The zero-order valence-electron chi connectivity index (χ0n) is 14.3. The molecule has 0 saturated carbocycles. The molecule has 4 aromatic rings. The second kappa shape index (κ2) is 6.48. The van der Waals surface area contributed by atoms with Crippen LogP contribution < -0.4 is 0 Å². The molecule has 0 aliphatic heterocycles. The second-order valence-corrected chi connectivity index (χ2v) is 6.00. The molecule has 0 radical (unpaired) electrons. The Bertz CT molecular complexity index is 1140. The lowest BCUT2D eigenvalue weighted by molar-refractivity contribution is 0.0518. The van der Waals surface area contributed by atoms with Crippen molar-refractivity contribution in [3.05, 3.63) is 83.6 Å². The minimum Gasteiger partial charge on any atom is -0.461 e. The maximum Gasteiger partial charge on any atom is 0.355 e. The number of nitrogens with one attached hydrogen (secondary N) is 1. The number of ketones is 1. The van der Waals surface area contributed by atoms with Crippen molar-refractivity contribution in [1.29, 1.82) is 0 Å². The first-order chi connectivity index (χ1) is 12.7. The molecule has 0 fully saturated rings. The molecule has 1 heterocycles. The summed E-state index contributed by atoms with van der Waals surface area (Å²) in [7, 11) is 0. The molecule has 1 aromatic heterocycles. The maximum absolute atomic E-state index is 13.4. The first kappa shape index (κ1) is 16.1. The molecule has 4 nitrogen and oxygen atoms in total. The summed E-state index contributed by atoms with van der Waals surface area (Å²) in [6.45, 7) is 1.99. The van der Waals surface area contributed by atoms with Gasteiger partial charge in [-0.1, -0.05) is 60.7 Å². The molecule has 4 heteroatoms. The number of hydrogen-bond donors (Lipinski definition) is 1. The van der Waals surface area contributed by atoms with Gasteiger partial charge >= 0.3 is 5.97 Å². The van der Waals surface area contributed by atoms with Gasteiger partial charge in [0.15, 0.2) is 5.78 Å². The van der Waals surface area contributed by atoms with E-state index in [1.54, 1.807) is 13.0 Å². The van der Waals surface area contributed by atoms with Crippen molar-refractivity contribution >= 4 is 33.4 Å². The zero-order valence-corrected chi connectivity index (χ0v) is 14.3. The number of esters is 1. The van der Waals surface area contributed by atoms with Crippen molar-refractivity contribution in [2.24, 2.45) is 0 Å². The van der Waals surface area contributed by atoms with Gasteiger partial charge in [-0.15, -0.1) is 0 Å². The summed E-state index contributed by atoms with van der Waals surface area (Å²) in [4.78, 5) is 28.9. The number of para-hydroxylation sites is 1. The largest absolute Gasteiger partial charge is 0.461 e. The number of ether oxygens (including phenoxy) is 1. The highest BCUT2D eigenvalue weighted by molar-refractivity contribution is 6.25. The fourth-order valence-electron chi connectivity index (χ4n) is 3.29. The predicted molar refractivity (Wildman–Crippen MR) is 102 cm³/mol. The number of rotatable bonds is 4. The summed E-state index contributed by atoms with van der Waals surface area (Å²) in [6.07, 6.45) is 0. The third kappa shape index (κ3) is 2.56. The quantitative estimate of drug-likeness (QED) is 0.430. The van der Waals surface area contributed by atoms with Gasteiger partial charge in [0.05, 0.1) is 12.2 Å². The minimum atomic E-state index is -0.521. The Balaban J connectivity index is 1.96. The van der Waals surface area contributed by atoms with Gasteiger partial charge in [-0.2, -0.15) is 0 Å². The topological polar surface area (TPSA) is 59.2 Å². The molecular weight excluding hydrogens is 326 g/mol. The monoisotopic (exact) mass is 343 g/mol. The predicted octanol–water partition coefficient (Wildman–Crippen LogP) is 4.73. The molecular formula is C22H17NO3. The number of fused-ring (bicyclic) bond motifs is 2. The normalized spacial score (nSPS) is 11.0. The fraction of sp³-hybridized carbons (Fsp3) is 0.0909. The van der Waals surface area contributed by atoms with Crippen LogP contribution in [0.1, 0.15) is 33.3 Å². The maximum atomic E-state index is 13.4. The molecule has 0 spiro atoms. The highest BCUT2D eigenvalue weighted by Crippen LogP contribution is 2.28. The summed E-state index contributed by atoms with van der Waals surface area (Å²) in [5, 5.41) is 2.56. The van der Waals surface area contributed by atoms with Crippen LogP contribution in [0.15, 0.2) is 66.7 Å². The highest BCUT2D eigenvalue weighted by atomic mass is 16.5. The van der Waals surface area contributed by atoms with Crippen LogP contribution in [-0.4, -0.2) is 23.3 Å². The van der Waals surface area contributed by atoms with Crippen LogP contribution in [0.5, 0.6) is 0 Å². The Morgan fingerprint density at radius 1 is 0.885 bits per heavy atom. The minimum absolute atomic E-state index is 0.192. The third-order valence-electron chi connectivity index (χ3n) is 4.45. The fourth-order valence-corrected chi connectivity index (χ4v) is 3.29. The summed E-state index contributed by atoms with van der Waals surface area (Å²) in [5.41, 5.74) is 1.86. The molecule has 0 amide bonds. The molecule has 0 saturated heterocycles. The van der Waals surface area contributed by atoms with Gasteiger partial charge in [-0.05, 0) is 23.8 Å². The van der Waals surface area contributed by atoms with E-state index in [4.69, 9.17) is 4.74 Å². The van der Waals surface area contributed by atoms with Crippen molar-refractivity contribution in [2.45, 2.75) is 6.92 Å². The van der Waals surface area contributed by atoms with E-state index in [-0.39, 0.29) is 18.1 Å². The number of hydrogen-bond acceptors (Lipinski definition) is 3. The summed E-state index contributed by atoms with van der Waals surface area (Å²) in [5.74, 6) is -0.713. The van der Waals surface area contributed by atoms with Gasteiger partial charge in [-0.25, -0.2) is 4.79 Å². The molecule has 0 unspecified atom stereocenters. The first-order valence-corrected chi connectivity index (χ1v) is 8.51. The Morgan fingerprint density at radius 3 is 2.38 bits per heavy atom. The smallest absolute Gasteiger partial charge is 0.355 e. The second-order valence-electron chi connectivity index (χ2n) is 6.00. The van der Waals surface area contributed by atoms with Crippen molar-refractivity contribution in [1.82, 2.24) is 4.98 Å². The van der Waals surface area contributed by atoms with Crippen LogP contribution in [0.2, 0.25) is 0 Å². The van der Waals surface area contributed by atoms with Gasteiger partial charge in [0.1, 0.15) is 5.69 Å². The van der Waals surface area contributed by atoms with Crippen LogP contribution in [0.3, 0.4) is 0 Å². The Labute approximate surface area is 150 Å². The lowest BCUT2D eigenvalue weighted by Crippen LogP contribution is -2.12. The number of carbonyl (C=O) groups is 2. The van der Waals surface area contributed by atoms with E-state index < -0.39 is 5.97 Å². The molecule has 26 heavy (non-hydrogen) atoms. The van der Waals surface area contributed by atoms with Gasteiger partial charge in [0, 0.05) is 16.5 Å². The number of benzene rings is 3. The standard InChI is InChI=1S/C22H17NO3/c1-2-26-22(25)20-19(17-11-5-6-13-18(17)23-20)21(24)16-12-7-9-14-8-3-4-10-15(14)16/h3-13,23H,2H2,1H3. The third-order valence-corrected chi connectivity index (χ3v) is 4.45. The van der Waals surface area contributed by atoms with Crippen LogP contribution >= 0.6 is 0 Å². The summed E-state index contributed by atoms with van der Waals surface area (Å²) in [6, 6.07) is 20.7. The molecule has 4 rings (SSSR count). The van der Waals surface area contributed by atoms with Crippen molar-refractivity contribution in [3.8, 4) is 0 Å². The molecule has 0 atom stereocenters. The lowest BCUT2D eigenvalue weighted by Gasteiger charge is -2.07. The van der Waals surface area contributed by atoms with E-state index in [1.165, 1.54) is 0 Å². The summed E-state index contributed by atoms with van der Waals surface area (Å²) < 4.78 is 5.15. The van der Waals surface area contributed by atoms with Gasteiger partial charge in [0.2, 0.25) is 0 Å². The van der Waals surface area contributed by atoms with Crippen LogP contribution in [0.25, 0.3) is 21.7 Å². The van der Waals surface area contributed by atoms with Crippen LogP contribution in [0, 0.1) is 0 Å². The average molecular weight is 343 g/mol. The Morgan fingerprint density at radius 2 is 1.58 bits per heavy atom. The van der Waals surface area contributed by atoms with Crippen molar-refractivity contribution < 1.29 is 14.3 Å². The average Bonchev–Trinajstić information content (AvgIpc) is 3.07. The molecule has 128 valence electrons. The van der Waals surface area contributed by atoms with Gasteiger partial charge in [-0.3, -0.25) is 4.79 Å². The SMILES string of the molecule is CCOC(=O)c1[nH]c2ccccc2c1C(=O)c1cccc2ccccc12. The molecule has 0 aliphatic carbocycles. The zero-order chi connectivity index (χ0) is 18.1. The number of H-pyrrole nitrogens is 1. The van der Waals surface area contributed by atoms with E-state index in [2.05, 4.69) is 4.98 Å². The van der Waals surface area contributed by atoms with Crippen LogP contribution in [0.4, 0.5) is 0 Å². The van der Waals surface area contributed by atoms with Crippen LogP contribution in [-0.2, 0) is 4.74 Å². The summed E-state index contributed by atoms with van der Waals surface area (Å²) >= 11 is 0. The van der Waals surface area contributed by atoms with E-state index in [0.717, 1.165) is 16.3 Å². The highest BCUT2D eigenvalue weighted by Gasteiger charge is 2.25. The van der Waals surface area contributed by atoms with Crippen molar-refractivity contribution in [2.75, 3.05) is 6.61 Å². The Hall–Kier alpha value is -3.40.